The highest BCUT2D eigenvalue weighted by Gasteiger charge is 2.35. The van der Waals surface area contributed by atoms with Crippen molar-refractivity contribution in [2.45, 2.75) is 12.1 Å². The molecule has 2 unspecified atom stereocenters. The molecule has 36 heavy (non-hydrogen) atoms. The number of para-hydroxylation sites is 4. The Hall–Kier alpha value is -4.70. The number of aromatic nitrogens is 2. The van der Waals surface area contributed by atoms with Crippen LogP contribution in [-0.4, -0.2) is 27.5 Å². The Morgan fingerprint density at radius 3 is 2.00 bits per heavy atom. The van der Waals surface area contributed by atoms with Crippen molar-refractivity contribution >= 4 is 22.6 Å². The van der Waals surface area contributed by atoms with Gasteiger partial charge < -0.3 is 4.90 Å². The number of aliphatic imine (C=N–C) groups is 1. The largest absolute Gasteiger partial charge is 0.317 e. The van der Waals surface area contributed by atoms with Gasteiger partial charge in [0.1, 0.15) is 11.7 Å². The Balaban J connectivity index is 1.32. The molecule has 2 aliphatic rings. The average molecular weight is 465 g/mol. The first kappa shape index (κ1) is 20.7. The lowest BCUT2D eigenvalue weighted by molar-refractivity contribution is 0.739. The molecule has 7 rings (SSSR count). The van der Waals surface area contributed by atoms with Crippen LogP contribution in [0.5, 0.6) is 0 Å². The molecule has 0 saturated heterocycles. The lowest BCUT2D eigenvalue weighted by Crippen LogP contribution is -2.39. The number of benzene rings is 4. The number of amidine groups is 1. The van der Waals surface area contributed by atoms with Crippen molar-refractivity contribution in [2.24, 2.45) is 4.99 Å². The number of fused-ring (bicyclic) bond motifs is 2. The van der Waals surface area contributed by atoms with E-state index in [1.165, 1.54) is 0 Å². The number of hydrogen-bond donors (Lipinski definition) is 0. The summed E-state index contributed by atoms with van der Waals surface area (Å²) in [6.45, 7) is 0. The SMILES string of the molecule is C1=CC2N=C(c3ccc(-c4nc5ccccc5n4-c4ccccc4)cc3)N(c3ccccc3)C2C=C1. The van der Waals surface area contributed by atoms with E-state index < -0.39 is 0 Å². The van der Waals surface area contributed by atoms with Gasteiger partial charge in [-0.3, -0.25) is 9.56 Å². The summed E-state index contributed by atoms with van der Waals surface area (Å²) in [5.74, 6) is 1.93. The first-order valence-corrected chi connectivity index (χ1v) is 12.3. The van der Waals surface area contributed by atoms with Crippen LogP contribution in [0, 0.1) is 0 Å². The third kappa shape index (κ3) is 3.38. The van der Waals surface area contributed by atoms with Crippen molar-refractivity contribution in [3.63, 3.8) is 0 Å². The van der Waals surface area contributed by atoms with Gasteiger partial charge in [0.15, 0.2) is 0 Å². The molecule has 2 heterocycles. The van der Waals surface area contributed by atoms with E-state index in [0.717, 1.165) is 45.2 Å². The fraction of sp³-hybridized carbons (Fsp3) is 0.0625. The van der Waals surface area contributed by atoms with E-state index in [1.807, 2.05) is 12.1 Å². The molecule has 1 aliphatic heterocycles. The minimum absolute atomic E-state index is 0.118. The summed E-state index contributed by atoms with van der Waals surface area (Å²) in [6, 6.07) is 38.2. The number of imidazole rings is 1. The molecule has 0 fully saturated rings. The number of nitrogens with zero attached hydrogens (tertiary/aromatic N) is 4. The van der Waals surface area contributed by atoms with Crippen LogP contribution < -0.4 is 4.90 Å². The van der Waals surface area contributed by atoms with E-state index >= 15 is 0 Å². The Kier molecular flexibility index (Phi) is 4.88. The van der Waals surface area contributed by atoms with Gasteiger partial charge in [0.2, 0.25) is 0 Å². The highest BCUT2D eigenvalue weighted by atomic mass is 15.3. The minimum atomic E-state index is 0.118. The molecule has 0 spiro atoms. The molecule has 0 amide bonds. The molecule has 0 N–H and O–H groups in total. The van der Waals surface area contributed by atoms with E-state index in [4.69, 9.17) is 9.98 Å². The van der Waals surface area contributed by atoms with Crippen LogP contribution in [0.2, 0.25) is 0 Å². The fourth-order valence-electron chi connectivity index (χ4n) is 5.21. The summed E-state index contributed by atoms with van der Waals surface area (Å²) in [6.07, 6.45) is 8.63. The van der Waals surface area contributed by atoms with E-state index in [9.17, 15) is 0 Å². The Labute approximate surface area is 210 Å². The van der Waals surface area contributed by atoms with Crippen molar-refractivity contribution in [3.8, 4) is 17.1 Å². The zero-order valence-electron chi connectivity index (χ0n) is 19.6. The van der Waals surface area contributed by atoms with Gasteiger partial charge in [0.05, 0.1) is 23.1 Å². The molecule has 0 bridgehead atoms. The van der Waals surface area contributed by atoms with Gasteiger partial charge in [-0.1, -0.05) is 97.1 Å². The quantitative estimate of drug-likeness (QED) is 0.292. The van der Waals surface area contributed by atoms with Crippen LogP contribution in [0.3, 0.4) is 0 Å². The average Bonchev–Trinajstić information content (AvgIpc) is 3.53. The smallest absolute Gasteiger partial charge is 0.145 e. The first-order chi connectivity index (χ1) is 17.9. The van der Waals surface area contributed by atoms with Crippen LogP contribution in [0.15, 0.2) is 138 Å². The van der Waals surface area contributed by atoms with E-state index in [1.54, 1.807) is 0 Å². The van der Waals surface area contributed by atoms with Crippen LogP contribution in [-0.2, 0) is 0 Å². The second-order valence-corrected chi connectivity index (χ2v) is 9.08. The zero-order chi connectivity index (χ0) is 23.9. The van der Waals surface area contributed by atoms with Gasteiger partial charge in [0, 0.05) is 22.5 Å². The molecule has 4 nitrogen and oxygen atoms in total. The number of allylic oxidation sites excluding steroid dienone is 2. The van der Waals surface area contributed by atoms with Crippen molar-refractivity contribution in [3.05, 3.63) is 139 Å². The molecule has 1 aliphatic carbocycles. The van der Waals surface area contributed by atoms with E-state index in [0.29, 0.717) is 0 Å². The summed E-state index contributed by atoms with van der Waals surface area (Å²) < 4.78 is 2.23. The Morgan fingerprint density at radius 2 is 1.22 bits per heavy atom. The van der Waals surface area contributed by atoms with Gasteiger partial charge in [-0.15, -0.1) is 0 Å². The molecule has 172 valence electrons. The van der Waals surface area contributed by atoms with Crippen LogP contribution in [0.1, 0.15) is 5.56 Å². The highest BCUT2D eigenvalue weighted by molar-refractivity contribution is 6.12. The molecule has 5 aromatic rings. The topological polar surface area (TPSA) is 33.4 Å². The monoisotopic (exact) mass is 464 g/mol. The summed E-state index contributed by atoms with van der Waals surface area (Å²) in [4.78, 5) is 12.5. The molecule has 0 radical (unpaired) electrons. The lowest BCUT2D eigenvalue weighted by atomic mass is 10.0. The third-order valence-corrected chi connectivity index (χ3v) is 6.89. The number of hydrogen-bond acceptors (Lipinski definition) is 3. The Bertz CT molecular complexity index is 1630. The molecular formula is C32H24N4. The van der Waals surface area contributed by atoms with Crippen LogP contribution >= 0.6 is 0 Å². The number of rotatable bonds is 4. The standard InChI is InChI=1S/C32H24N4/c1-3-11-25(12-4-1)35-29-17-9-7-15-27(29)33-31(35)23-19-21-24(22-20-23)32-34-28-16-8-10-18-30(28)36(32)26-13-5-2-6-14-26/h1-22,27,29H. The summed E-state index contributed by atoms with van der Waals surface area (Å²) >= 11 is 0. The highest BCUT2D eigenvalue weighted by Crippen LogP contribution is 2.33. The third-order valence-electron chi connectivity index (χ3n) is 6.89. The zero-order valence-corrected chi connectivity index (χ0v) is 19.6. The molecular weight excluding hydrogens is 440 g/mol. The van der Waals surface area contributed by atoms with Gasteiger partial charge in [0.25, 0.3) is 0 Å². The summed E-state index contributed by atoms with van der Waals surface area (Å²) in [5.41, 5.74) is 6.50. The lowest BCUT2D eigenvalue weighted by Gasteiger charge is -2.29. The second kappa shape index (κ2) is 8.51. The molecule has 0 saturated carbocycles. The minimum Gasteiger partial charge on any atom is -0.317 e. The second-order valence-electron chi connectivity index (χ2n) is 9.08. The maximum atomic E-state index is 5.12. The molecule has 1 aromatic heterocycles. The predicted molar refractivity (Wildman–Crippen MR) is 148 cm³/mol. The normalized spacial score (nSPS) is 18.4. The van der Waals surface area contributed by atoms with Crippen LogP contribution in [0.25, 0.3) is 28.1 Å². The van der Waals surface area contributed by atoms with Crippen molar-refractivity contribution in [1.29, 1.82) is 0 Å². The van der Waals surface area contributed by atoms with E-state index in [-0.39, 0.29) is 12.1 Å². The van der Waals surface area contributed by atoms with Crippen LogP contribution in [0.4, 0.5) is 5.69 Å². The van der Waals surface area contributed by atoms with Crippen molar-refractivity contribution in [2.75, 3.05) is 4.90 Å². The molecule has 4 aromatic carbocycles. The predicted octanol–water partition coefficient (Wildman–Crippen LogP) is 6.82. The molecule has 2 atom stereocenters. The van der Waals surface area contributed by atoms with Gasteiger partial charge in [-0.25, -0.2) is 4.98 Å². The van der Waals surface area contributed by atoms with E-state index in [2.05, 4.69) is 131 Å². The number of anilines is 1. The maximum absolute atomic E-state index is 5.12. The van der Waals surface area contributed by atoms with Gasteiger partial charge in [-0.2, -0.15) is 0 Å². The molecule has 4 heteroatoms. The van der Waals surface area contributed by atoms with Crippen molar-refractivity contribution < 1.29 is 0 Å². The van der Waals surface area contributed by atoms with Gasteiger partial charge in [-0.05, 0) is 36.4 Å². The van der Waals surface area contributed by atoms with Gasteiger partial charge >= 0.3 is 0 Å². The van der Waals surface area contributed by atoms with Crippen molar-refractivity contribution in [1.82, 2.24) is 9.55 Å². The summed E-state index contributed by atoms with van der Waals surface area (Å²) in [7, 11) is 0. The first-order valence-electron chi connectivity index (χ1n) is 12.3. The Morgan fingerprint density at radius 1 is 0.583 bits per heavy atom. The maximum Gasteiger partial charge on any atom is 0.145 e. The fourth-order valence-corrected chi connectivity index (χ4v) is 5.21. The summed E-state index contributed by atoms with van der Waals surface area (Å²) in [5, 5.41) is 0.